The van der Waals surface area contributed by atoms with Gasteiger partial charge in [-0.2, -0.15) is 0 Å². The number of methoxy groups -OCH3 is 1. The Balaban J connectivity index is 1.76. The zero-order chi connectivity index (χ0) is 17.9. The third kappa shape index (κ3) is 3.33. The summed E-state index contributed by atoms with van der Waals surface area (Å²) < 4.78 is 5.47. The van der Waals surface area contributed by atoms with E-state index in [1.165, 1.54) is 18.3 Å². The summed E-state index contributed by atoms with van der Waals surface area (Å²) in [5.74, 6) is -0.632. The molecule has 0 saturated heterocycles. The van der Waals surface area contributed by atoms with E-state index in [2.05, 4.69) is 10.3 Å². The van der Waals surface area contributed by atoms with Crippen molar-refractivity contribution in [1.29, 1.82) is 0 Å². The predicted octanol–water partition coefficient (Wildman–Crippen LogP) is 2.64. The SMILES string of the molecule is COc1ccccc1C1(CNC(=O)c2cc(C(=O)O)ccn2)CCC1. The van der Waals surface area contributed by atoms with Crippen LogP contribution in [0, 0.1) is 0 Å². The second-order valence-electron chi connectivity index (χ2n) is 6.25. The van der Waals surface area contributed by atoms with Gasteiger partial charge in [0.05, 0.1) is 12.7 Å². The number of carboxylic acids is 1. The zero-order valence-electron chi connectivity index (χ0n) is 14.0. The summed E-state index contributed by atoms with van der Waals surface area (Å²) >= 11 is 0. The van der Waals surface area contributed by atoms with E-state index >= 15 is 0 Å². The number of hydrogen-bond acceptors (Lipinski definition) is 4. The van der Waals surface area contributed by atoms with Gasteiger partial charge in [-0.1, -0.05) is 24.6 Å². The summed E-state index contributed by atoms with van der Waals surface area (Å²) in [4.78, 5) is 27.4. The van der Waals surface area contributed by atoms with Crippen molar-refractivity contribution in [3.05, 3.63) is 59.4 Å². The number of nitrogens with one attached hydrogen (secondary N) is 1. The topological polar surface area (TPSA) is 88.5 Å². The number of carbonyl (C=O) groups is 2. The van der Waals surface area contributed by atoms with Crippen molar-refractivity contribution in [2.24, 2.45) is 0 Å². The Labute approximate surface area is 145 Å². The Morgan fingerprint density at radius 2 is 2.04 bits per heavy atom. The van der Waals surface area contributed by atoms with Gasteiger partial charge in [0, 0.05) is 23.7 Å². The van der Waals surface area contributed by atoms with Gasteiger partial charge in [0.25, 0.3) is 5.91 Å². The molecule has 1 aliphatic carbocycles. The number of carbonyl (C=O) groups excluding carboxylic acids is 1. The number of ether oxygens (including phenoxy) is 1. The first-order chi connectivity index (χ1) is 12.1. The molecule has 1 aromatic heterocycles. The van der Waals surface area contributed by atoms with E-state index in [0.29, 0.717) is 6.54 Å². The van der Waals surface area contributed by atoms with E-state index < -0.39 is 5.97 Å². The fraction of sp³-hybridized carbons (Fsp3) is 0.316. The summed E-state index contributed by atoms with van der Waals surface area (Å²) in [6, 6.07) is 10.5. The molecule has 1 amide bonds. The molecular formula is C19H20N2O4. The third-order valence-electron chi connectivity index (χ3n) is 4.82. The first-order valence-corrected chi connectivity index (χ1v) is 8.17. The van der Waals surface area contributed by atoms with E-state index in [4.69, 9.17) is 9.84 Å². The summed E-state index contributed by atoms with van der Waals surface area (Å²) in [5.41, 5.74) is 1.10. The molecular weight excluding hydrogens is 320 g/mol. The van der Waals surface area contributed by atoms with E-state index in [9.17, 15) is 9.59 Å². The number of aromatic carboxylic acids is 1. The first kappa shape index (κ1) is 17.0. The highest BCUT2D eigenvalue weighted by molar-refractivity contribution is 5.95. The molecule has 0 radical (unpaired) electrons. The molecule has 3 rings (SSSR count). The van der Waals surface area contributed by atoms with Crippen molar-refractivity contribution >= 4 is 11.9 Å². The Morgan fingerprint density at radius 1 is 1.28 bits per heavy atom. The number of aromatic nitrogens is 1. The molecule has 130 valence electrons. The molecule has 0 aliphatic heterocycles. The van der Waals surface area contributed by atoms with E-state index in [0.717, 1.165) is 30.6 Å². The molecule has 1 heterocycles. The van der Waals surface area contributed by atoms with Gasteiger partial charge in [-0.05, 0) is 31.0 Å². The van der Waals surface area contributed by atoms with Gasteiger partial charge in [-0.25, -0.2) is 4.79 Å². The summed E-state index contributed by atoms with van der Waals surface area (Å²) in [6.45, 7) is 0.463. The van der Waals surface area contributed by atoms with Crippen LogP contribution in [-0.4, -0.2) is 35.6 Å². The number of benzene rings is 1. The van der Waals surface area contributed by atoms with Crippen LogP contribution in [-0.2, 0) is 5.41 Å². The minimum absolute atomic E-state index is 0.0447. The molecule has 2 N–H and O–H groups in total. The fourth-order valence-corrected chi connectivity index (χ4v) is 3.26. The smallest absolute Gasteiger partial charge is 0.335 e. The van der Waals surface area contributed by atoms with Gasteiger partial charge >= 0.3 is 5.97 Å². The number of pyridine rings is 1. The third-order valence-corrected chi connectivity index (χ3v) is 4.82. The number of amides is 1. The second-order valence-corrected chi connectivity index (χ2v) is 6.25. The number of carboxylic acid groups (broad SMARTS) is 1. The molecule has 6 nitrogen and oxygen atoms in total. The van der Waals surface area contributed by atoms with Gasteiger partial charge in [0.2, 0.25) is 0 Å². The van der Waals surface area contributed by atoms with E-state index in [1.54, 1.807) is 7.11 Å². The number of hydrogen-bond donors (Lipinski definition) is 2. The standard InChI is InChI=1S/C19H20N2O4/c1-25-16-6-3-2-5-14(16)19(8-4-9-19)12-21-17(22)15-11-13(18(23)24)7-10-20-15/h2-3,5-7,10-11H,4,8-9,12H2,1H3,(H,21,22)(H,23,24). The predicted molar refractivity (Wildman–Crippen MR) is 92.1 cm³/mol. The molecule has 0 atom stereocenters. The second kappa shape index (κ2) is 6.93. The highest BCUT2D eigenvalue weighted by Crippen LogP contribution is 2.46. The van der Waals surface area contributed by atoms with Crippen LogP contribution in [0.5, 0.6) is 5.75 Å². The first-order valence-electron chi connectivity index (χ1n) is 8.17. The highest BCUT2D eigenvalue weighted by Gasteiger charge is 2.40. The van der Waals surface area contributed by atoms with Crippen molar-refractivity contribution in [2.75, 3.05) is 13.7 Å². The molecule has 0 unspecified atom stereocenters. The summed E-state index contributed by atoms with van der Waals surface area (Å²) in [6.07, 6.45) is 4.37. The van der Waals surface area contributed by atoms with Crippen molar-refractivity contribution in [3.63, 3.8) is 0 Å². The molecule has 2 aromatic rings. The zero-order valence-corrected chi connectivity index (χ0v) is 14.0. The lowest BCUT2D eigenvalue weighted by atomic mass is 9.64. The van der Waals surface area contributed by atoms with Crippen LogP contribution in [0.4, 0.5) is 0 Å². The van der Waals surface area contributed by atoms with Crippen molar-refractivity contribution in [2.45, 2.75) is 24.7 Å². The van der Waals surface area contributed by atoms with Crippen LogP contribution in [0.25, 0.3) is 0 Å². The van der Waals surface area contributed by atoms with Crippen molar-refractivity contribution in [3.8, 4) is 5.75 Å². The van der Waals surface area contributed by atoms with Gasteiger partial charge in [0.1, 0.15) is 11.4 Å². The van der Waals surface area contributed by atoms with E-state index in [-0.39, 0.29) is 22.6 Å². The number of para-hydroxylation sites is 1. The molecule has 0 bridgehead atoms. The fourth-order valence-electron chi connectivity index (χ4n) is 3.26. The largest absolute Gasteiger partial charge is 0.496 e. The van der Waals surface area contributed by atoms with Crippen molar-refractivity contribution < 1.29 is 19.4 Å². The quantitative estimate of drug-likeness (QED) is 0.844. The van der Waals surface area contributed by atoms with Gasteiger partial charge in [0.15, 0.2) is 0 Å². The Hall–Kier alpha value is -2.89. The van der Waals surface area contributed by atoms with Crippen LogP contribution >= 0.6 is 0 Å². The number of nitrogens with zero attached hydrogens (tertiary/aromatic N) is 1. The normalized spacial score (nSPS) is 15.1. The Morgan fingerprint density at radius 3 is 2.68 bits per heavy atom. The Kier molecular flexibility index (Phi) is 4.70. The maximum atomic E-state index is 12.4. The minimum atomic E-state index is -1.08. The lowest BCUT2D eigenvalue weighted by Crippen LogP contribution is -2.46. The summed E-state index contributed by atoms with van der Waals surface area (Å²) in [7, 11) is 1.64. The molecule has 1 fully saturated rings. The van der Waals surface area contributed by atoms with Gasteiger partial charge in [-0.3, -0.25) is 9.78 Å². The maximum Gasteiger partial charge on any atom is 0.335 e. The average molecular weight is 340 g/mol. The molecule has 6 heteroatoms. The van der Waals surface area contributed by atoms with Gasteiger partial charge < -0.3 is 15.2 Å². The van der Waals surface area contributed by atoms with E-state index in [1.807, 2.05) is 24.3 Å². The van der Waals surface area contributed by atoms with Crippen LogP contribution in [0.1, 0.15) is 45.7 Å². The molecule has 1 aliphatic rings. The molecule has 1 aromatic carbocycles. The van der Waals surface area contributed by atoms with Crippen LogP contribution in [0.15, 0.2) is 42.6 Å². The lowest BCUT2D eigenvalue weighted by Gasteiger charge is -2.43. The number of rotatable bonds is 6. The monoisotopic (exact) mass is 340 g/mol. The van der Waals surface area contributed by atoms with Crippen molar-refractivity contribution in [1.82, 2.24) is 10.3 Å². The average Bonchev–Trinajstić information content (AvgIpc) is 2.61. The van der Waals surface area contributed by atoms with Gasteiger partial charge in [-0.15, -0.1) is 0 Å². The minimum Gasteiger partial charge on any atom is -0.496 e. The van der Waals surface area contributed by atoms with Crippen LogP contribution in [0.2, 0.25) is 0 Å². The van der Waals surface area contributed by atoms with Crippen LogP contribution in [0.3, 0.4) is 0 Å². The lowest BCUT2D eigenvalue weighted by molar-refractivity contribution is 0.0696. The molecule has 1 saturated carbocycles. The highest BCUT2D eigenvalue weighted by atomic mass is 16.5. The molecule has 25 heavy (non-hydrogen) atoms. The Bertz CT molecular complexity index is 800. The molecule has 0 spiro atoms. The van der Waals surface area contributed by atoms with Crippen LogP contribution < -0.4 is 10.1 Å². The maximum absolute atomic E-state index is 12.4. The summed E-state index contributed by atoms with van der Waals surface area (Å²) in [5, 5.41) is 11.9.